The van der Waals surface area contributed by atoms with Crippen LogP contribution in [0.3, 0.4) is 0 Å². The van der Waals surface area contributed by atoms with Gasteiger partial charge in [0, 0.05) is 10.0 Å². The number of nitrogens with one attached hydrogen (secondary N) is 2. The molecule has 0 aliphatic rings. The van der Waals surface area contributed by atoms with Gasteiger partial charge in [-0.25, -0.2) is 8.42 Å². The normalized spacial score (nSPS) is 11.3. The van der Waals surface area contributed by atoms with Crippen LogP contribution in [0.5, 0.6) is 11.5 Å². The van der Waals surface area contributed by atoms with Crippen molar-refractivity contribution in [3.05, 3.63) is 52.5 Å². The molecule has 2 rings (SSSR count). The van der Waals surface area contributed by atoms with E-state index in [-0.39, 0.29) is 10.5 Å². The smallest absolute Gasteiger partial charge is 0.266 e. The number of halogens is 1. The van der Waals surface area contributed by atoms with Gasteiger partial charge in [0.1, 0.15) is 0 Å². The Morgan fingerprint density at radius 1 is 1.11 bits per heavy atom. The van der Waals surface area contributed by atoms with E-state index in [9.17, 15) is 13.2 Å². The summed E-state index contributed by atoms with van der Waals surface area (Å²) in [4.78, 5) is 14.4. The van der Waals surface area contributed by atoms with Gasteiger partial charge >= 0.3 is 0 Å². The number of carbonyl (C=O) groups excluding carboxylic acids is 1. The summed E-state index contributed by atoms with van der Waals surface area (Å²) in [5.74, 6) is 0.810. The average Bonchev–Trinajstić information content (AvgIpc) is 2.66. The maximum Gasteiger partial charge on any atom is 0.266 e. The number of hydrazine groups is 1. The SMILES string of the molecule is COc1cc(C(=O)NNS(=O)(=O)c2ccc(Br)cc2)ccc1OCCC(C)C. The summed E-state index contributed by atoms with van der Waals surface area (Å²) < 4.78 is 36.2. The van der Waals surface area contributed by atoms with Gasteiger partial charge in [-0.3, -0.25) is 10.2 Å². The van der Waals surface area contributed by atoms with Crippen molar-refractivity contribution < 1.29 is 22.7 Å². The van der Waals surface area contributed by atoms with Crippen molar-refractivity contribution in [2.75, 3.05) is 13.7 Å². The highest BCUT2D eigenvalue weighted by atomic mass is 79.9. The number of hydrogen-bond donors (Lipinski definition) is 2. The number of ether oxygens (including phenoxy) is 2. The fourth-order valence-electron chi connectivity index (χ4n) is 2.19. The van der Waals surface area contributed by atoms with E-state index in [0.29, 0.717) is 24.0 Å². The first-order chi connectivity index (χ1) is 13.2. The lowest BCUT2D eigenvalue weighted by molar-refractivity contribution is 0.0944. The molecular weight excluding hydrogens is 448 g/mol. The Labute approximate surface area is 173 Å². The van der Waals surface area contributed by atoms with Crippen LogP contribution >= 0.6 is 15.9 Å². The molecule has 2 aromatic rings. The third kappa shape index (κ3) is 6.22. The van der Waals surface area contributed by atoms with Crippen molar-refractivity contribution in [1.29, 1.82) is 0 Å². The number of carbonyl (C=O) groups is 1. The van der Waals surface area contributed by atoms with E-state index in [1.54, 1.807) is 18.2 Å². The summed E-state index contributed by atoms with van der Waals surface area (Å²) in [5, 5.41) is 0. The molecule has 0 aromatic heterocycles. The van der Waals surface area contributed by atoms with Crippen LogP contribution in [0.25, 0.3) is 0 Å². The Hall–Kier alpha value is -2.10. The second-order valence-electron chi connectivity index (χ2n) is 6.41. The second-order valence-corrected chi connectivity index (χ2v) is 9.01. The maximum absolute atomic E-state index is 12.3. The maximum atomic E-state index is 12.3. The molecule has 0 heterocycles. The van der Waals surface area contributed by atoms with Crippen molar-refractivity contribution in [3.63, 3.8) is 0 Å². The van der Waals surface area contributed by atoms with E-state index >= 15 is 0 Å². The third-order valence-corrected chi connectivity index (χ3v) is 5.59. The molecule has 9 heteroatoms. The molecule has 0 spiro atoms. The lowest BCUT2D eigenvalue weighted by atomic mass is 10.1. The molecule has 0 fully saturated rings. The number of hydrogen-bond acceptors (Lipinski definition) is 5. The van der Waals surface area contributed by atoms with Gasteiger partial charge in [0.25, 0.3) is 15.9 Å². The molecule has 0 unspecified atom stereocenters. The standard InChI is InChI=1S/C19H23BrN2O5S/c1-13(2)10-11-27-17-9-4-14(12-18(17)26-3)19(23)21-22-28(24,25)16-7-5-15(20)6-8-16/h4-9,12-13,22H,10-11H2,1-3H3,(H,21,23). The van der Waals surface area contributed by atoms with E-state index in [0.717, 1.165) is 10.9 Å². The second kappa shape index (κ2) is 9.90. The monoisotopic (exact) mass is 470 g/mol. The van der Waals surface area contributed by atoms with E-state index in [1.807, 2.05) is 0 Å². The molecular formula is C19H23BrN2O5S. The van der Waals surface area contributed by atoms with Crippen LogP contribution in [0.1, 0.15) is 30.6 Å². The summed E-state index contributed by atoms with van der Waals surface area (Å²) in [6.07, 6.45) is 0.892. The van der Waals surface area contributed by atoms with Crippen LogP contribution < -0.4 is 19.7 Å². The Kier molecular flexibility index (Phi) is 7.85. The minimum atomic E-state index is -3.88. The zero-order chi connectivity index (χ0) is 20.7. The molecule has 1 amide bonds. The van der Waals surface area contributed by atoms with Crippen molar-refractivity contribution in [2.45, 2.75) is 25.2 Å². The van der Waals surface area contributed by atoms with Crippen molar-refractivity contribution in [3.8, 4) is 11.5 Å². The number of benzene rings is 2. The van der Waals surface area contributed by atoms with Gasteiger partial charge in [-0.05, 0) is 54.8 Å². The summed E-state index contributed by atoms with van der Waals surface area (Å²) in [7, 11) is -2.41. The summed E-state index contributed by atoms with van der Waals surface area (Å²) in [5.41, 5.74) is 2.42. The topological polar surface area (TPSA) is 93.7 Å². The van der Waals surface area contributed by atoms with Crippen molar-refractivity contribution in [1.82, 2.24) is 10.3 Å². The van der Waals surface area contributed by atoms with Crippen LogP contribution in [-0.4, -0.2) is 28.0 Å². The fourth-order valence-corrected chi connectivity index (χ4v) is 3.29. The van der Waals surface area contributed by atoms with Crippen LogP contribution in [0, 0.1) is 5.92 Å². The number of amides is 1. The highest BCUT2D eigenvalue weighted by Gasteiger charge is 2.17. The third-order valence-electron chi connectivity index (χ3n) is 3.80. The fraction of sp³-hybridized carbons (Fsp3) is 0.316. The summed E-state index contributed by atoms with van der Waals surface area (Å²) in [6, 6.07) is 10.7. The molecule has 0 aliphatic heterocycles. The minimum absolute atomic E-state index is 0.0301. The van der Waals surface area contributed by atoms with Gasteiger partial charge in [0.05, 0.1) is 18.6 Å². The highest BCUT2D eigenvalue weighted by Crippen LogP contribution is 2.28. The van der Waals surface area contributed by atoms with Crippen LogP contribution in [0.15, 0.2) is 51.8 Å². The predicted molar refractivity (Wildman–Crippen MR) is 110 cm³/mol. The van der Waals surface area contributed by atoms with E-state index in [2.05, 4.69) is 40.0 Å². The highest BCUT2D eigenvalue weighted by molar-refractivity contribution is 9.10. The summed E-state index contributed by atoms with van der Waals surface area (Å²) >= 11 is 3.24. The van der Waals surface area contributed by atoms with Crippen LogP contribution in [0.2, 0.25) is 0 Å². The number of sulfonamides is 1. The average molecular weight is 471 g/mol. The molecule has 0 saturated heterocycles. The predicted octanol–water partition coefficient (Wildman–Crippen LogP) is 3.51. The molecule has 7 nitrogen and oxygen atoms in total. The Bertz CT molecular complexity index is 914. The lowest BCUT2D eigenvalue weighted by Crippen LogP contribution is -2.41. The largest absolute Gasteiger partial charge is 0.493 e. The minimum Gasteiger partial charge on any atom is -0.493 e. The molecule has 0 bridgehead atoms. The van der Waals surface area contributed by atoms with Gasteiger partial charge in [0.15, 0.2) is 11.5 Å². The summed E-state index contributed by atoms with van der Waals surface area (Å²) in [6.45, 7) is 4.74. The van der Waals surface area contributed by atoms with E-state index < -0.39 is 15.9 Å². The molecule has 28 heavy (non-hydrogen) atoms. The molecule has 0 saturated carbocycles. The Morgan fingerprint density at radius 3 is 2.39 bits per heavy atom. The molecule has 2 N–H and O–H groups in total. The van der Waals surface area contributed by atoms with Crippen molar-refractivity contribution in [2.24, 2.45) is 5.92 Å². The number of methoxy groups -OCH3 is 1. The molecule has 0 atom stereocenters. The van der Waals surface area contributed by atoms with Crippen LogP contribution in [0.4, 0.5) is 0 Å². The van der Waals surface area contributed by atoms with Gasteiger partial charge in [-0.15, -0.1) is 4.83 Å². The molecule has 0 radical (unpaired) electrons. The lowest BCUT2D eigenvalue weighted by Gasteiger charge is -2.13. The van der Waals surface area contributed by atoms with E-state index in [1.165, 1.54) is 31.4 Å². The first-order valence-corrected chi connectivity index (χ1v) is 10.9. The van der Waals surface area contributed by atoms with Gasteiger partial charge in [-0.1, -0.05) is 29.8 Å². The molecule has 0 aliphatic carbocycles. The van der Waals surface area contributed by atoms with Gasteiger partial charge in [-0.2, -0.15) is 0 Å². The Morgan fingerprint density at radius 2 is 1.79 bits per heavy atom. The zero-order valence-corrected chi connectivity index (χ0v) is 18.3. The number of rotatable bonds is 9. The van der Waals surface area contributed by atoms with Crippen molar-refractivity contribution >= 4 is 31.9 Å². The molecule has 152 valence electrons. The van der Waals surface area contributed by atoms with Gasteiger partial charge < -0.3 is 9.47 Å². The molecule has 2 aromatic carbocycles. The van der Waals surface area contributed by atoms with Crippen LogP contribution in [-0.2, 0) is 10.0 Å². The first kappa shape index (κ1) is 22.2. The van der Waals surface area contributed by atoms with Gasteiger partial charge in [0.2, 0.25) is 0 Å². The quantitative estimate of drug-likeness (QED) is 0.546. The first-order valence-electron chi connectivity index (χ1n) is 8.61. The zero-order valence-electron chi connectivity index (χ0n) is 15.9. The Balaban J connectivity index is 2.04. The van der Waals surface area contributed by atoms with E-state index in [4.69, 9.17) is 9.47 Å².